The van der Waals surface area contributed by atoms with Crippen LogP contribution in [0, 0.1) is 5.82 Å². The lowest BCUT2D eigenvalue weighted by Crippen LogP contribution is -2.39. The molecule has 0 aromatic heterocycles. The predicted octanol–water partition coefficient (Wildman–Crippen LogP) is 1.69. The maximum Gasteiger partial charge on any atom is 0.191 e. The summed E-state index contributed by atoms with van der Waals surface area (Å²) in [7, 11) is 4.88. The van der Waals surface area contributed by atoms with Crippen molar-refractivity contribution in [3.63, 3.8) is 0 Å². The molecule has 6 nitrogen and oxygen atoms in total. The average Bonchev–Trinajstić information content (AvgIpc) is 2.59. The summed E-state index contributed by atoms with van der Waals surface area (Å²) in [4.78, 5) is 4.53. The SMILES string of the molecule is COCCCNC(=NCc1ccc(F)c(COC)c1)NCCOC. The molecule has 1 aromatic rings. The molecule has 0 spiro atoms. The van der Waals surface area contributed by atoms with Gasteiger partial charge in [-0.1, -0.05) is 6.07 Å². The second kappa shape index (κ2) is 12.7. The van der Waals surface area contributed by atoms with Crippen molar-refractivity contribution in [2.24, 2.45) is 4.99 Å². The van der Waals surface area contributed by atoms with Gasteiger partial charge in [-0.05, 0) is 24.1 Å². The molecule has 0 aliphatic heterocycles. The lowest BCUT2D eigenvalue weighted by atomic mass is 10.1. The summed E-state index contributed by atoms with van der Waals surface area (Å²) in [5.41, 5.74) is 1.46. The van der Waals surface area contributed by atoms with Crippen LogP contribution in [-0.4, -0.2) is 53.6 Å². The second-order valence-electron chi connectivity index (χ2n) is 5.22. The maximum atomic E-state index is 13.6. The zero-order chi connectivity index (χ0) is 17.6. The normalized spacial score (nSPS) is 11.6. The molecule has 0 amide bonds. The minimum absolute atomic E-state index is 0.248. The molecule has 0 aliphatic rings. The number of hydrogen-bond acceptors (Lipinski definition) is 4. The van der Waals surface area contributed by atoms with E-state index in [9.17, 15) is 4.39 Å². The first-order valence-corrected chi connectivity index (χ1v) is 7.97. The number of methoxy groups -OCH3 is 3. The highest BCUT2D eigenvalue weighted by atomic mass is 19.1. The van der Waals surface area contributed by atoms with Gasteiger partial charge >= 0.3 is 0 Å². The first-order chi connectivity index (χ1) is 11.7. The van der Waals surface area contributed by atoms with Gasteiger partial charge < -0.3 is 24.8 Å². The van der Waals surface area contributed by atoms with Gasteiger partial charge in [0.05, 0.1) is 19.8 Å². The van der Waals surface area contributed by atoms with Gasteiger partial charge in [0.1, 0.15) is 5.82 Å². The number of aliphatic imine (C=N–C) groups is 1. The van der Waals surface area contributed by atoms with E-state index in [0.717, 1.165) is 18.5 Å². The molecule has 0 fully saturated rings. The molecule has 1 aromatic carbocycles. The molecule has 0 heterocycles. The van der Waals surface area contributed by atoms with Crippen molar-refractivity contribution in [3.05, 3.63) is 35.1 Å². The third-order valence-electron chi connectivity index (χ3n) is 3.25. The Morgan fingerprint density at radius 1 is 1.04 bits per heavy atom. The van der Waals surface area contributed by atoms with Gasteiger partial charge in [0.2, 0.25) is 0 Å². The van der Waals surface area contributed by atoms with E-state index < -0.39 is 0 Å². The highest BCUT2D eigenvalue weighted by Gasteiger charge is 2.04. The Labute approximate surface area is 143 Å². The predicted molar refractivity (Wildman–Crippen MR) is 92.6 cm³/mol. The molecule has 1 rings (SSSR count). The lowest BCUT2D eigenvalue weighted by Gasteiger charge is -2.12. The van der Waals surface area contributed by atoms with Crippen molar-refractivity contribution < 1.29 is 18.6 Å². The number of ether oxygens (including phenoxy) is 3. The van der Waals surface area contributed by atoms with Crippen molar-refractivity contribution >= 4 is 5.96 Å². The van der Waals surface area contributed by atoms with Gasteiger partial charge in [0.15, 0.2) is 5.96 Å². The number of hydrogen-bond donors (Lipinski definition) is 2. The highest BCUT2D eigenvalue weighted by Crippen LogP contribution is 2.12. The minimum atomic E-state index is -0.263. The van der Waals surface area contributed by atoms with Crippen LogP contribution in [0.15, 0.2) is 23.2 Å². The van der Waals surface area contributed by atoms with Crippen LogP contribution < -0.4 is 10.6 Å². The molecule has 7 heteroatoms. The quantitative estimate of drug-likeness (QED) is 0.364. The largest absolute Gasteiger partial charge is 0.385 e. The van der Waals surface area contributed by atoms with Crippen LogP contribution in [0.25, 0.3) is 0 Å². The van der Waals surface area contributed by atoms with Crippen LogP contribution in [0.2, 0.25) is 0 Å². The van der Waals surface area contributed by atoms with E-state index in [4.69, 9.17) is 14.2 Å². The zero-order valence-electron chi connectivity index (χ0n) is 14.7. The van der Waals surface area contributed by atoms with E-state index in [0.29, 0.717) is 37.8 Å². The van der Waals surface area contributed by atoms with Crippen LogP contribution in [0.3, 0.4) is 0 Å². The van der Waals surface area contributed by atoms with Crippen molar-refractivity contribution in [1.82, 2.24) is 10.6 Å². The maximum absolute atomic E-state index is 13.6. The molecule has 0 atom stereocenters. The van der Waals surface area contributed by atoms with E-state index in [1.54, 1.807) is 33.5 Å². The van der Waals surface area contributed by atoms with Crippen molar-refractivity contribution in [2.45, 2.75) is 19.6 Å². The van der Waals surface area contributed by atoms with Gasteiger partial charge in [0.25, 0.3) is 0 Å². The Balaban J connectivity index is 2.64. The van der Waals surface area contributed by atoms with Gasteiger partial charge in [-0.3, -0.25) is 0 Å². The third-order valence-corrected chi connectivity index (χ3v) is 3.25. The van der Waals surface area contributed by atoms with Crippen molar-refractivity contribution in [3.8, 4) is 0 Å². The molecule has 2 N–H and O–H groups in total. The van der Waals surface area contributed by atoms with Gasteiger partial charge in [-0.25, -0.2) is 9.38 Å². The molecule has 0 radical (unpaired) electrons. The monoisotopic (exact) mass is 341 g/mol. The number of halogens is 1. The Bertz CT molecular complexity index is 498. The molecule has 24 heavy (non-hydrogen) atoms. The molecular weight excluding hydrogens is 313 g/mol. The summed E-state index contributed by atoms with van der Waals surface area (Å²) in [6.07, 6.45) is 0.885. The number of benzene rings is 1. The third kappa shape index (κ3) is 8.24. The lowest BCUT2D eigenvalue weighted by molar-refractivity contribution is 0.181. The summed E-state index contributed by atoms with van der Waals surface area (Å²) >= 11 is 0. The average molecular weight is 341 g/mol. The molecular formula is C17H28FN3O3. The topological polar surface area (TPSA) is 64.1 Å². The zero-order valence-corrected chi connectivity index (χ0v) is 14.7. The summed E-state index contributed by atoms with van der Waals surface area (Å²) in [5, 5.41) is 6.43. The van der Waals surface area contributed by atoms with Crippen molar-refractivity contribution in [2.75, 3.05) is 47.6 Å². The fourth-order valence-electron chi connectivity index (χ4n) is 2.03. The second-order valence-corrected chi connectivity index (χ2v) is 5.22. The van der Waals surface area contributed by atoms with Crippen LogP contribution in [-0.2, 0) is 27.4 Å². The summed E-state index contributed by atoms with van der Waals surface area (Å²) in [6.45, 7) is 3.39. The smallest absolute Gasteiger partial charge is 0.191 e. The van der Waals surface area contributed by atoms with Crippen LogP contribution >= 0.6 is 0 Å². The van der Waals surface area contributed by atoms with E-state index >= 15 is 0 Å². The molecule has 0 saturated heterocycles. The van der Waals surface area contributed by atoms with Gasteiger partial charge in [0, 0.05) is 46.6 Å². The van der Waals surface area contributed by atoms with Gasteiger partial charge in [-0.15, -0.1) is 0 Å². The molecule has 0 bridgehead atoms. The van der Waals surface area contributed by atoms with E-state index in [2.05, 4.69) is 15.6 Å². The first-order valence-electron chi connectivity index (χ1n) is 7.97. The van der Waals surface area contributed by atoms with Crippen molar-refractivity contribution in [1.29, 1.82) is 0 Å². The summed E-state index contributed by atoms with van der Waals surface area (Å²) in [6, 6.07) is 4.96. The number of nitrogens with one attached hydrogen (secondary N) is 2. The molecule has 0 aliphatic carbocycles. The van der Waals surface area contributed by atoms with Gasteiger partial charge in [-0.2, -0.15) is 0 Å². The van der Waals surface area contributed by atoms with E-state index in [1.807, 2.05) is 0 Å². The number of guanidine groups is 1. The fraction of sp³-hybridized carbons (Fsp3) is 0.588. The number of nitrogens with zero attached hydrogens (tertiary/aromatic N) is 1. The standard InChI is InChI=1S/C17H28FN3O3/c1-22-9-4-7-19-17(20-8-10-23-2)21-12-14-5-6-16(18)15(11-14)13-24-3/h5-6,11H,4,7-10,12-13H2,1-3H3,(H2,19,20,21). The molecule has 0 unspecified atom stereocenters. The Hall–Kier alpha value is -1.70. The summed E-state index contributed by atoms with van der Waals surface area (Å²) in [5.74, 6) is 0.432. The Morgan fingerprint density at radius 3 is 2.50 bits per heavy atom. The van der Waals surface area contributed by atoms with Crippen LogP contribution in [0.4, 0.5) is 4.39 Å². The molecule has 0 saturated carbocycles. The Morgan fingerprint density at radius 2 is 1.79 bits per heavy atom. The minimum Gasteiger partial charge on any atom is -0.385 e. The van der Waals surface area contributed by atoms with Crippen LogP contribution in [0.5, 0.6) is 0 Å². The molecule has 136 valence electrons. The fourth-order valence-corrected chi connectivity index (χ4v) is 2.03. The first kappa shape index (κ1) is 20.3. The highest BCUT2D eigenvalue weighted by molar-refractivity contribution is 5.79. The van der Waals surface area contributed by atoms with E-state index in [-0.39, 0.29) is 12.4 Å². The van der Waals surface area contributed by atoms with Crippen LogP contribution in [0.1, 0.15) is 17.5 Å². The van der Waals surface area contributed by atoms with E-state index in [1.165, 1.54) is 6.07 Å². The number of rotatable bonds is 11. The Kier molecular flexibility index (Phi) is 10.8. The summed E-state index contributed by atoms with van der Waals surface area (Å²) < 4.78 is 28.7.